The Balaban J connectivity index is 0.00000176. The number of halogens is 3. The summed E-state index contributed by atoms with van der Waals surface area (Å²) in [6.07, 6.45) is 0.825. The van der Waals surface area contributed by atoms with Crippen LogP contribution >= 0.6 is 35.6 Å². The van der Waals surface area contributed by atoms with Crippen molar-refractivity contribution in [2.75, 3.05) is 6.61 Å². The summed E-state index contributed by atoms with van der Waals surface area (Å²) in [5, 5.41) is 1.20. The normalized spacial score (nSPS) is 16.2. The van der Waals surface area contributed by atoms with Crippen LogP contribution in [0.2, 0.25) is 10.0 Å². The summed E-state index contributed by atoms with van der Waals surface area (Å²) in [6, 6.07) is 11.2. The van der Waals surface area contributed by atoms with Gasteiger partial charge in [0, 0.05) is 27.7 Å². The third-order valence-corrected chi connectivity index (χ3v) is 4.13. The minimum absolute atomic E-state index is 0. The molecule has 0 radical (unpaired) electrons. The number of benzene rings is 2. The molecule has 0 aromatic heterocycles. The van der Waals surface area contributed by atoms with Gasteiger partial charge < -0.3 is 15.2 Å². The average Bonchev–Trinajstić information content (AvgIpc) is 2.47. The number of hydrogen-bond acceptors (Lipinski definition) is 3. The summed E-state index contributed by atoms with van der Waals surface area (Å²) >= 11 is 12.2. The third kappa shape index (κ3) is 3.79. The Morgan fingerprint density at radius 2 is 1.91 bits per heavy atom. The highest BCUT2D eigenvalue weighted by Crippen LogP contribution is 2.30. The lowest BCUT2D eigenvalue weighted by molar-refractivity contribution is 0.258. The molecule has 1 heterocycles. The molecule has 1 unspecified atom stereocenters. The molecule has 3 nitrogen and oxygen atoms in total. The second-order valence-electron chi connectivity index (χ2n) is 5.03. The van der Waals surface area contributed by atoms with Gasteiger partial charge in [-0.05, 0) is 30.2 Å². The van der Waals surface area contributed by atoms with E-state index in [1.165, 1.54) is 0 Å². The zero-order chi connectivity index (χ0) is 14.8. The van der Waals surface area contributed by atoms with Gasteiger partial charge in [-0.25, -0.2) is 0 Å². The third-order valence-electron chi connectivity index (χ3n) is 3.42. The summed E-state index contributed by atoms with van der Waals surface area (Å²) in [4.78, 5) is 0. The van der Waals surface area contributed by atoms with Crippen molar-refractivity contribution in [3.05, 3.63) is 57.6 Å². The van der Waals surface area contributed by atoms with Crippen LogP contribution in [0.4, 0.5) is 0 Å². The van der Waals surface area contributed by atoms with Crippen molar-refractivity contribution in [2.45, 2.75) is 19.1 Å². The molecule has 2 N–H and O–H groups in total. The van der Waals surface area contributed by atoms with Crippen molar-refractivity contribution in [1.82, 2.24) is 0 Å². The number of rotatable bonds is 3. The Bertz CT molecular complexity index is 644. The lowest BCUT2D eigenvalue weighted by Crippen LogP contribution is -2.33. The molecular weight excluding hydrogens is 345 g/mol. The predicted molar refractivity (Wildman–Crippen MR) is 91.7 cm³/mol. The van der Waals surface area contributed by atoms with Crippen LogP contribution in [0.25, 0.3) is 0 Å². The van der Waals surface area contributed by atoms with Crippen LogP contribution in [0.1, 0.15) is 11.1 Å². The summed E-state index contributed by atoms with van der Waals surface area (Å²) in [5.41, 5.74) is 7.76. The summed E-state index contributed by atoms with van der Waals surface area (Å²) in [5.74, 6) is 1.56. The molecule has 0 fully saturated rings. The van der Waals surface area contributed by atoms with Crippen molar-refractivity contribution in [3.8, 4) is 11.5 Å². The van der Waals surface area contributed by atoms with Crippen LogP contribution in [-0.4, -0.2) is 12.6 Å². The first-order chi connectivity index (χ1) is 10.1. The zero-order valence-corrected chi connectivity index (χ0v) is 14.0. The van der Waals surface area contributed by atoms with E-state index in [2.05, 4.69) is 0 Å². The summed E-state index contributed by atoms with van der Waals surface area (Å²) in [6.45, 7) is 0.851. The molecule has 1 aliphatic rings. The molecule has 0 spiro atoms. The Morgan fingerprint density at radius 1 is 1.18 bits per heavy atom. The topological polar surface area (TPSA) is 44.5 Å². The van der Waals surface area contributed by atoms with Gasteiger partial charge in [0.05, 0.1) is 0 Å². The van der Waals surface area contributed by atoms with Gasteiger partial charge in [0.15, 0.2) is 0 Å². The number of hydrogen-bond donors (Lipinski definition) is 1. The minimum Gasteiger partial charge on any atom is -0.492 e. The lowest BCUT2D eigenvalue weighted by Gasteiger charge is -2.23. The van der Waals surface area contributed by atoms with E-state index in [0.29, 0.717) is 23.3 Å². The second-order valence-corrected chi connectivity index (χ2v) is 5.85. The van der Waals surface area contributed by atoms with Crippen LogP contribution in [0.5, 0.6) is 11.5 Å². The van der Waals surface area contributed by atoms with E-state index >= 15 is 0 Å². The van der Waals surface area contributed by atoms with Crippen molar-refractivity contribution in [3.63, 3.8) is 0 Å². The fourth-order valence-electron chi connectivity index (χ4n) is 2.29. The summed E-state index contributed by atoms with van der Waals surface area (Å²) in [7, 11) is 0. The van der Waals surface area contributed by atoms with Gasteiger partial charge in [0.1, 0.15) is 24.7 Å². The first-order valence-corrected chi connectivity index (χ1v) is 7.46. The quantitative estimate of drug-likeness (QED) is 0.889. The zero-order valence-electron chi connectivity index (χ0n) is 11.7. The fraction of sp³-hybridized carbons (Fsp3) is 0.250. The molecule has 2 aromatic carbocycles. The largest absolute Gasteiger partial charge is 0.492 e. The van der Waals surface area contributed by atoms with E-state index in [-0.39, 0.29) is 18.4 Å². The van der Waals surface area contributed by atoms with Gasteiger partial charge in [-0.2, -0.15) is 0 Å². The maximum atomic E-state index is 6.12. The highest BCUT2D eigenvalue weighted by Gasteiger charge is 2.17. The SMILES string of the molecule is Cl.NC1COc2cc(OCc3c(Cl)cccc3Cl)ccc2C1. The molecule has 0 saturated carbocycles. The highest BCUT2D eigenvalue weighted by atomic mass is 35.5. The maximum Gasteiger partial charge on any atom is 0.126 e. The molecule has 2 aromatic rings. The Labute approximate surface area is 145 Å². The van der Waals surface area contributed by atoms with E-state index in [1.807, 2.05) is 24.3 Å². The van der Waals surface area contributed by atoms with Crippen LogP contribution in [0, 0.1) is 0 Å². The Hall–Kier alpha value is -1.13. The second kappa shape index (κ2) is 7.42. The average molecular weight is 361 g/mol. The van der Waals surface area contributed by atoms with Crippen molar-refractivity contribution in [2.24, 2.45) is 5.73 Å². The molecule has 0 amide bonds. The smallest absolute Gasteiger partial charge is 0.126 e. The van der Waals surface area contributed by atoms with Crippen LogP contribution in [-0.2, 0) is 13.0 Å². The van der Waals surface area contributed by atoms with E-state index < -0.39 is 0 Å². The number of nitrogens with two attached hydrogens (primary N) is 1. The van der Waals surface area contributed by atoms with Crippen molar-refractivity contribution >= 4 is 35.6 Å². The van der Waals surface area contributed by atoms with Crippen molar-refractivity contribution < 1.29 is 9.47 Å². The first-order valence-electron chi connectivity index (χ1n) is 6.70. The molecule has 3 rings (SSSR count). The standard InChI is InChI=1S/C16H15Cl2NO2.ClH/c17-14-2-1-3-15(18)13(14)9-20-12-5-4-10-6-11(19)8-21-16(10)7-12;/h1-5,7,11H,6,8-9,19H2;1H. The van der Waals surface area contributed by atoms with Crippen LogP contribution < -0.4 is 15.2 Å². The molecule has 1 aliphatic heterocycles. The first kappa shape index (κ1) is 17.2. The molecule has 22 heavy (non-hydrogen) atoms. The van der Waals surface area contributed by atoms with E-state index in [4.69, 9.17) is 38.4 Å². The maximum absolute atomic E-state index is 6.12. The van der Waals surface area contributed by atoms with E-state index in [9.17, 15) is 0 Å². The molecule has 1 atom stereocenters. The van der Waals surface area contributed by atoms with E-state index in [0.717, 1.165) is 29.0 Å². The van der Waals surface area contributed by atoms with Gasteiger partial charge in [-0.3, -0.25) is 0 Å². The Morgan fingerprint density at radius 3 is 2.64 bits per heavy atom. The summed E-state index contributed by atoms with van der Waals surface area (Å²) < 4.78 is 11.4. The fourth-order valence-corrected chi connectivity index (χ4v) is 2.80. The van der Waals surface area contributed by atoms with E-state index in [1.54, 1.807) is 12.1 Å². The minimum atomic E-state index is 0. The molecule has 0 bridgehead atoms. The molecule has 118 valence electrons. The number of ether oxygens (including phenoxy) is 2. The monoisotopic (exact) mass is 359 g/mol. The van der Waals surface area contributed by atoms with Crippen LogP contribution in [0.15, 0.2) is 36.4 Å². The number of fused-ring (bicyclic) bond motifs is 1. The van der Waals surface area contributed by atoms with Gasteiger partial charge in [-0.1, -0.05) is 35.3 Å². The van der Waals surface area contributed by atoms with Gasteiger partial charge in [0.2, 0.25) is 0 Å². The van der Waals surface area contributed by atoms with Gasteiger partial charge in [0.25, 0.3) is 0 Å². The molecule has 0 saturated heterocycles. The van der Waals surface area contributed by atoms with Gasteiger partial charge in [-0.15, -0.1) is 12.4 Å². The molecular formula is C16H16Cl3NO2. The van der Waals surface area contributed by atoms with Crippen LogP contribution in [0.3, 0.4) is 0 Å². The highest BCUT2D eigenvalue weighted by molar-refractivity contribution is 6.35. The molecule has 6 heteroatoms. The Kier molecular flexibility index (Phi) is 5.81. The molecule has 0 aliphatic carbocycles. The van der Waals surface area contributed by atoms with Gasteiger partial charge >= 0.3 is 0 Å². The predicted octanol–water partition coefficient (Wildman–Crippen LogP) is 4.26. The van der Waals surface area contributed by atoms with Crippen molar-refractivity contribution in [1.29, 1.82) is 0 Å². The lowest BCUT2D eigenvalue weighted by atomic mass is 10.0.